The van der Waals surface area contributed by atoms with Gasteiger partial charge < -0.3 is 9.84 Å². The van der Waals surface area contributed by atoms with Crippen LogP contribution in [0, 0.1) is 0 Å². The Morgan fingerprint density at radius 3 is 2.60 bits per heavy atom. The highest BCUT2D eigenvalue weighted by Gasteiger charge is 2.05. The molecule has 0 saturated carbocycles. The summed E-state index contributed by atoms with van der Waals surface area (Å²) in [7, 11) is 0. The quantitative estimate of drug-likeness (QED) is 0.759. The van der Waals surface area contributed by atoms with Crippen LogP contribution in [0.5, 0.6) is 0 Å². The summed E-state index contributed by atoms with van der Waals surface area (Å²) >= 11 is 5.77. The van der Waals surface area contributed by atoms with Crippen molar-refractivity contribution in [1.82, 2.24) is 0 Å². The molecule has 1 aromatic rings. The molecule has 0 radical (unpaired) electrons. The van der Waals surface area contributed by atoms with Crippen LogP contribution in [0.25, 0.3) is 0 Å². The summed E-state index contributed by atoms with van der Waals surface area (Å²) in [6.45, 7) is 3.27. The first-order valence-electron chi connectivity index (χ1n) is 5.22. The van der Waals surface area contributed by atoms with Crippen molar-refractivity contribution in [1.29, 1.82) is 0 Å². The van der Waals surface area contributed by atoms with Crippen LogP contribution < -0.4 is 0 Å². The van der Waals surface area contributed by atoms with Crippen LogP contribution >= 0.6 is 11.6 Å². The molecule has 2 nitrogen and oxygen atoms in total. The molecule has 0 aromatic heterocycles. The van der Waals surface area contributed by atoms with Gasteiger partial charge >= 0.3 is 0 Å². The maximum absolute atomic E-state index is 9.69. The maximum atomic E-state index is 9.69. The number of hydrogen-bond acceptors (Lipinski definition) is 2. The van der Waals surface area contributed by atoms with E-state index in [0.717, 1.165) is 10.6 Å². The molecule has 1 aromatic carbocycles. The third kappa shape index (κ3) is 5.17. The molecule has 1 atom stereocenters. The van der Waals surface area contributed by atoms with E-state index in [2.05, 4.69) is 0 Å². The van der Waals surface area contributed by atoms with E-state index < -0.39 is 0 Å². The highest BCUT2D eigenvalue weighted by molar-refractivity contribution is 6.30. The van der Waals surface area contributed by atoms with E-state index in [-0.39, 0.29) is 6.10 Å². The predicted molar refractivity (Wildman–Crippen MR) is 62.3 cm³/mol. The SMILES string of the molecule is CCOCCC(O)Cc1ccc(Cl)cc1. The monoisotopic (exact) mass is 228 g/mol. The lowest BCUT2D eigenvalue weighted by molar-refractivity contribution is 0.0887. The zero-order valence-corrected chi connectivity index (χ0v) is 9.70. The second-order valence-electron chi connectivity index (χ2n) is 3.47. The topological polar surface area (TPSA) is 29.5 Å². The lowest BCUT2D eigenvalue weighted by atomic mass is 10.1. The molecule has 84 valence electrons. The molecule has 0 fully saturated rings. The largest absolute Gasteiger partial charge is 0.393 e. The van der Waals surface area contributed by atoms with Gasteiger partial charge in [-0.3, -0.25) is 0 Å². The highest BCUT2D eigenvalue weighted by Crippen LogP contribution is 2.12. The molecule has 0 aliphatic rings. The normalized spacial score (nSPS) is 12.7. The van der Waals surface area contributed by atoms with E-state index in [4.69, 9.17) is 16.3 Å². The van der Waals surface area contributed by atoms with Gasteiger partial charge in [0.1, 0.15) is 0 Å². The third-order valence-corrected chi connectivity index (χ3v) is 2.44. The smallest absolute Gasteiger partial charge is 0.0602 e. The van der Waals surface area contributed by atoms with Crippen LogP contribution in [-0.4, -0.2) is 24.4 Å². The van der Waals surface area contributed by atoms with Gasteiger partial charge in [-0.2, -0.15) is 0 Å². The Labute approximate surface area is 95.8 Å². The van der Waals surface area contributed by atoms with Crippen LogP contribution in [0.3, 0.4) is 0 Å². The molecule has 0 heterocycles. The van der Waals surface area contributed by atoms with E-state index in [1.807, 2.05) is 31.2 Å². The van der Waals surface area contributed by atoms with Gasteiger partial charge in [0.25, 0.3) is 0 Å². The fourth-order valence-corrected chi connectivity index (χ4v) is 1.48. The minimum absolute atomic E-state index is 0.335. The molecule has 0 saturated heterocycles. The number of rotatable bonds is 6. The second-order valence-corrected chi connectivity index (χ2v) is 3.91. The number of ether oxygens (including phenoxy) is 1. The van der Waals surface area contributed by atoms with Crippen LogP contribution in [0.15, 0.2) is 24.3 Å². The summed E-state index contributed by atoms with van der Waals surface area (Å²) in [6, 6.07) is 7.55. The summed E-state index contributed by atoms with van der Waals surface area (Å²) in [5, 5.41) is 10.4. The first-order valence-corrected chi connectivity index (χ1v) is 5.60. The first-order chi connectivity index (χ1) is 7.22. The number of halogens is 1. The van der Waals surface area contributed by atoms with Crippen LogP contribution in [0.1, 0.15) is 18.9 Å². The molecule has 0 bridgehead atoms. The van der Waals surface area contributed by atoms with Gasteiger partial charge in [-0.15, -0.1) is 0 Å². The Hall–Kier alpha value is -0.570. The number of benzene rings is 1. The summed E-state index contributed by atoms with van der Waals surface area (Å²) in [5.41, 5.74) is 1.10. The van der Waals surface area contributed by atoms with Gasteiger partial charge in [0.2, 0.25) is 0 Å². The van der Waals surface area contributed by atoms with E-state index in [1.54, 1.807) is 0 Å². The Balaban J connectivity index is 2.31. The van der Waals surface area contributed by atoms with Gasteiger partial charge in [-0.05, 0) is 37.5 Å². The van der Waals surface area contributed by atoms with Crippen LogP contribution in [-0.2, 0) is 11.2 Å². The third-order valence-electron chi connectivity index (χ3n) is 2.18. The van der Waals surface area contributed by atoms with Crippen molar-refractivity contribution >= 4 is 11.6 Å². The molecule has 1 rings (SSSR count). The van der Waals surface area contributed by atoms with E-state index in [9.17, 15) is 5.11 Å². The van der Waals surface area contributed by atoms with Gasteiger partial charge in [0.15, 0.2) is 0 Å². The van der Waals surface area contributed by atoms with Gasteiger partial charge in [-0.25, -0.2) is 0 Å². The average molecular weight is 229 g/mol. The molecule has 1 unspecified atom stereocenters. The minimum Gasteiger partial charge on any atom is -0.393 e. The van der Waals surface area contributed by atoms with Crippen molar-refractivity contribution < 1.29 is 9.84 Å². The fourth-order valence-electron chi connectivity index (χ4n) is 1.36. The zero-order chi connectivity index (χ0) is 11.1. The van der Waals surface area contributed by atoms with Crippen molar-refractivity contribution in [3.63, 3.8) is 0 Å². The van der Waals surface area contributed by atoms with Crippen molar-refractivity contribution in [2.75, 3.05) is 13.2 Å². The summed E-state index contributed by atoms with van der Waals surface area (Å²) < 4.78 is 5.18. The number of hydrogen-bond donors (Lipinski definition) is 1. The van der Waals surface area contributed by atoms with E-state index in [0.29, 0.717) is 26.1 Å². The number of aliphatic hydroxyl groups excluding tert-OH is 1. The predicted octanol–water partition coefficient (Wildman–Crippen LogP) is 2.67. The van der Waals surface area contributed by atoms with Crippen molar-refractivity contribution in [2.45, 2.75) is 25.9 Å². The minimum atomic E-state index is -0.335. The molecule has 0 spiro atoms. The van der Waals surface area contributed by atoms with Crippen LogP contribution in [0.4, 0.5) is 0 Å². The average Bonchev–Trinajstić information content (AvgIpc) is 2.22. The molecular formula is C12H17ClO2. The summed E-state index contributed by atoms with van der Waals surface area (Å²) in [4.78, 5) is 0. The molecule has 0 aliphatic heterocycles. The van der Waals surface area contributed by atoms with E-state index in [1.165, 1.54) is 0 Å². The lowest BCUT2D eigenvalue weighted by Crippen LogP contribution is -2.13. The van der Waals surface area contributed by atoms with E-state index >= 15 is 0 Å². The van der Waals surface area contributed by atoms with Crippen molar-refractivity contribution in [2.24, 2.45) is 0 Å². The Morgan fingerprint density at radius 2 is 2.00 bits per heavy atom. The second kappa shape index (κ2) is 6.83. The van der Waals surface area contributed by atoms with Crippen molar-refractivity contribution in [3.05, 3.63) is 34.9 Å². The summed E-state index contributed by atoms with van der Waals surface area (Å²) in [5.74, 6) is 0. The molecule has 0 aliphatic carbocycles. The Kier molecular flexibility index (Phi) is 5.69. The molecule has 0 amide bonds. The molecule has 1 N–H and O–H groups in total. The van der Waals surface area contributed by atoms with Crippen molar-refractivity contribution in [3.8, 4) is 0 Å². The fraction of sp³-hybridized carbons (Fsp3) is 0.500. The standard InChI is InChI=1S/C12H17ClO2/c1-2-15-8-7-12(14)9-10-3-5-11(13)6-4-10/h3-6,12,14H,2,7-9H2,1H3. The van der Waals surface area contributed by atoms with Gasteiger partial charge in [0.05, 0.1) is 6.10 Å². The van der Waals surface area contributed by atoms with Gasteiger partial charge in [0, 0.05) is 18.2 Å². The first kappa shape index (κ1) is 12.5. The Morgan fingerprint density at radius 1 is 1.33 bits per heavy atom. The van der Waals surface area contributed by atoms with Crippen LogP contribution in [0.2, 0.25) is 5.02 Å². The molecule has 3 heteroatoms. The maximum Gasteiger partial charge on any atom is 0.0602 e. The zero-order valence-electron chi connectivity index (χ0n) is 8.95. The highest BCUT2D eigenvalue weighted by atomic mass is 35.5. The molecule has 15 heavy (non-hydrogen) atoms. The molecular weight excluding hydrogens is 212 g/mol. The lowest BCUT2D eigenvalue weighted by Gasteiger charge is -2.10. The summed E-state index contributed by atoms with van der Waals surface area (Å²) in [6.07, 6.45) is 0.999. The van der Waals surface area contributed by atoms with Gasteiger partial charge in [-0.1, -0.05) is 23.7 Å². The number of aliphatic hydroxyl groups is 1. The Bertz CT molecular complexity index is 271.